The number of hydrogen-bond acceptors (Lipinski definition) is 2. The van der Waals surface area contributed by atoms with Crippen LogP contribution in [0.3, 0.4) is 0 Å². The first kappa shape index (κ1) is 36.1. The molecular weight excluding hydrogens is 678 g/mol. The van der Waals surface area contributed by atoms with Crippen molar-refractivity contribution in [3.05, 3.63) is 43.6 Å². The van der Waals surface area contributed by atoms with Gasteiger partial charge in [-0.3, -0.25) is 0 Å². The Morgan fingerprint density at radius 3 is 1.26 bits per heavy atom. The molecule has 1 rings (SSSR count). The monoisotopic (exact) mass is 742 g/mol. The van der Waals surface area contributed by atoms with Crippen molar-refractivity contribution in [3.63, 3.8) is 0 Å². The van der Waals surface area contributed by atoms with Gasteiger partial charge < -0.3 is 0 Å². The number of benzene rings is 1. The van der Waals surface area contributed by atoms with E-state index in [0.29, 0.717) is 12.2 Å². The fourth-order valence-electron chi connectivity index (χ4n) is 6.50. The number of carbonyl (C=O) groups is 1. The summed E-state index contributed by atoms with van der Waals surface area (Å²) >= 11 is -5.34. The van der Waals surface area contributed by atoms with E-state index in [1.807, 2.05) is 30.3 Å². The Morgan fingerprint density at radius 1 is 0.605 bits per heavy atom. The van der Waals surface area contributed by atoms with Gasteiger partial charge in [-0.25, -0.2) is 0 Å². The Morgan fingerprint density at radius 2 is 0.947 bits per heavy atom. The van der Waals surface area contributed by atoms with Crippen LogP contribution in [0.4, 0.5) is 0 Å². The normalized spacial score (nSPS) is 11.9. The molecule has 4 heteroatoms. The average Bonchev–Trinajstić information content (AvgIpc) is 2.96. The molecule has 38 heavy (non-hydrogen) atoms. The van der Waals surface area contributed by atoms with E-state index in [1.165, 1.54) is 104 Å². The summed E-state index contributed by atoms with van der Waals surface area (Å²) in [5.41, 5.74) is 0.679. The van der Waals surface area contributed by atoms with Gasteiger partial charge in [-0.05, 0) is 0 Å². The molecule has 2 nitrogen and oxygen atoms in total. The number of esters is 1. The molecule has 0 saturated carbocycles. The second-order valence-corrected chi connectivity index (χ2v) is 42.1. The summed E-state index contributed by atoms with van der Waals surface area (Å²) in [5.74, 6) is -0.158. The molecule has 0 spiro atoms. The number of unbranched alkanes of at least 4 members (excludes halogenated alkanes) is 6. The molecule has 1 aromatic rings. The summed E-state index contributed by atoms with van der Waals surface area (Å²) in [7, 11) is 0. The van der Waals surface area contributed by atoms with Crippen molar-refractivity contribution < 1.29 is 9.53 Å². The molecule has 0 aliphatic carbocycles. The zero-order valence-corrected chi connectivity index (χ0v) is 31.9. The van der Waals surface area contributed by atoms with E-state index in [-0.39, 0.29) is 5.97 Å². The molecule has 0 saturated heterocycles. The van der Waals surface area contributed by atoms with Gasteiger partial charge in [0.1, 0.15) is 0 Å². The van der Waals surface area contributed by atoms with E-state index in [1.54, 1.807) is 0 Å². The molecule has 1 aromatic carbocycles. The SMILES string of the molecule is CCC[CH2][Sn]([CH2]CCC)([CH2]CCC)[C](=CCOC(=O)c1ccccc1)[Sn]([CH2]CCC)([CH2]CCC)[CH2]CCC. The summed E-state index contributed by atoms with van der Waals surface area (Å²) in [6.07, 6.45) is 18.9. The van der Waals surface area contributed by atoms with Crippen molar-refractivity contribution in [2.75, 3.05) is 6.61 Å². The van der Waals surface area contributed by atoms with Gasteiger partial charge in [0.25, 0.3) is 0 Å². The van der Waals surface area contributed by atoms with Crippen LogP contribution in [-0.2, 0) is 4.74 Å². The molecule has 0 fully saturated rings. The van der Waals surface area contributed by atoms with Crippen molar-refractivity contribution in [2.45, 2.75) is 145 Å². The summed E-state index contributed by atoms with van der Waals surface area (Å²) < 4.78 is 17.3. The summed E-state index contributed by atoms with van der Waals surface area (Å²) in [6.45, 7) is 14.8. The maximum absolute atomic E-state index is 12.9. The van der Waals surface area contributed by atoms with Crippen molar-refractivity contribution in [2.24, 2.45) is 0 Å². The third kappa shape index (κ3) is 12.3. The molecule has 218 valence electrons. The minimum absolute atomic E-state index is 0.158. The zero-order valence-electron chi connectivity index (χ0n) is 26.2. The topological polar surface area (TPSA) is 26.3 Å². The van der Waals surface area contributed by atoms with Gasteiger partial charge >= 0.3 is 248 Å². The second-order valence-electron chi connectivity index (χ2n) is 11.8. The van der Waals surface area contributed by atoms with Gasteiger partial charge in [-0.2, -0.15) is 0 Å². The van der Waals surface area contributed by atoms with Crippen molar-refractivity contribution >= 4 is 42.7 Å². The van der Waals surface area contributed by atoms with Crippen LogP contribution >= 0.6 is 0 Å². The van der Waals surface area contributed by atoms with E-state index in [2.05, 4.69) is 49.2 Å². The maximum atomic E-state index is 12.9. The van der Waals surface area contributed by atoms with Crippen LogP contribution in [0.25, 0.3) is 0 Å². The number of rotatable bonds is 23. The second kappa shape index (κ2) is 21.7. The Balaban J connectivity index is 3.68. The van der Waals surface area contributed by atoms with Crippen LogP contribution in [-0.4, -0.2) is 49.3 Å². The van der Waals surface area contributed by atoms with E-state index >= 15 is 0 Å². The summed E-state index contributed by atoms with van der Waals surface area (Å²) in [6, 6.07) is 9.59. The first-order valence-corrected chi connectivity index (χ1v) is 31.4. The Kier molecular flexibility index (Phi) is 20.6. The number of hydrogen-bond donors (Lipinski definition) is 0. The Hall–Kier alpha value is 0.0274. The molecular formula is C34H62O2Sn2. The Labute approximate surface area is 245 Å². The van der Waals surface area contributed by atoms with E-state index < -0.39 is 36.8 Å². The minimum atomic E-state index is -2.67. The van der Waals surface area contributed by atoms with E-state index in [9.17, 15) is 4.79 Å². The Bertz CT molecular complexity index is 681. The summed E-state index contributed by atoms with van der Waals surface area (Å²) in [5, 5.41) is 0. The van der Waals surface area contributed by atoms with Gasteiger partial charge in [0.2, 0.25) is 0 Å². The molecule has 0 aliphatic rings. The van der Waals surface area contributed by atoms with Crippen molar-refractivity contribution in [1.29, 1.82) is 0 Å². The average molecular weight is 740 g/mol. The van der Waals surface area contributed by atoms with Gasteiger partial charge in [0.15, 0.2) is 0 Å². The van der Waals surface area contributed by atoms with E-state index in [0.717, 1.165) is 0 Å². The van der Waals surface area contributed by atoms with Gasteiger partial charge in [0, 0.05) is 0 Å². The molecule has 0 heterocycles. The van der Waals surface area contributed by atoms with Gasteiger partial charge in [-0.15, -0.1) is 0 Å². The van der Waals surface area contributed by atoms with E-state index in [4.69, 9.17) is 4.74 Å². The number of carbonyl (C=O) groups excluding carboxylic acids is 1. The first-order chi connectivity index (χ1) is 18.5. The quantitative estimate of drug-likeness (QED) is 0.0825. The fraction of sp³-hybridized carbons (Fsp3) is 0.735. The van der Waals surface area contributed by atoms with Crippen molar-refractivity contribution in [3.8, 4) is 0 Å². The van der Waals surface area contributed by atoms with Crippen LogP contribution in [0, 0.1) is 0 Å². The van der Waals surface area contributed by atoms with Crippen molar-refractivity contribution in [1.82, 2.24) is 0 Å². The molecule has 0 aromatic heterocycles. The van der Waals surface area contributed by atoms with Crippen LogP contribution < -0.4 is 0 Å². The molecule has 0 amide bonds. The molecule has 0 unspecified atom stereocenters. The molecule has 0 radical (unpaired) electrons. The van der Waals surface area contributed by atoms with Crippen LogP contribution in [0.5, 0.6) is 0 Å². The fourth-order valence-corrected chi connectivity index (χ4v) is 75.1. The third-order valence-corrected chi connectivity index (χ3v) is 59.1. The van der Waals surface area contributed by atoms with Gasteiger partial charge in [-0.1, -0.05) is 0 Å². The van der Waals surface area contributed by atoms with Gasteiger partial charge in [0.05, 0.1) is 0 Å². The molecule has 0 bridgehead atoms. The van der Waals surface area contributed by atoms with Crippen LogP contribution in [0.1, 0.15) is 129 Å². The number of ether oxygens (including phenoxy) is 1. The predicted octanol–water partition coefficient (Wildman–Crippen LogP) is 11.5. The standard InChI is InChI=1S/C10H8O2.6C4H9.2Sn/c1-2-8-12-10(11)9-6-4-3-5-7-9;6*1-3-4-2;;/h2-7H,8H2;6*1,3-4H2,2H3;;. The predicted molar refractivity (Wildman–Crippen MR) is 175 cm³/mol. The molecule has 0 N–H and O–H groups in total. The zero-order chi connectivity index (χ0) is 28.1. The summed E-state index contributed by atoms with van der Waals surface area (Å²) in [4.78, 5) is 12.9. The third-order valence-electron chi connectivity index (χ3n) is 8.71. The molecule has 0 atom stereocenters. The van der Waals surface area contributed by atoms with Crippen LogP contribution in [0.15, 0.2) is 38.0 Å². The first-order valence-electron chi connectivity index (χ1n) is 16.4. The van der Waals surface area contributed by atoms with Crippen LogP contribution in [0.2, 0.25) is 26.6 Å². The molecule has 0 aliphatic heterocycles.